The van der Waals surface area contributed by atoms with Crippen LogP contribution in [0.1, 0.15) is 64.6 Å². The van der Waals surface area contributed by atoms with Crippen LogP contribution in [0, 0.1) is 0 Å². The van der Waals surface area contributed by atoms with Gasteiger partial charge >= 0.3 is 5.97 Å². The second-order valence-corrected chi connectivity index (χ2v) is 10.3. The number of nitrogens with zero attached hydrogens (tertiary/aromatic N) is 3. The smallest absolute Gasteiger partial charge is 0.338 e. The molecule has 192 valence electrons. The van der Waals surface area contributed by atoms with Crippen molar-refractivity contribution >= 4 is 23.5 Å². The highest BCUT2D eigenvalue weighted by molar-refractivity contribution is 6.30. The Hall–Kier alpha value is -3.29. The normalized spacial score (nSPS) is 21.4. The zero-order valence-electron chi connectivity index (χ0n) is 21.0. The lowest BCUT2D eigenvalue weighted by Crippen LogP contribution is -2.49. The van der Waals surface area contributed by atoms with E-state index in [0.717, 1.165) is 42.0 Å². The molecule has 2 heterocycles. The van der Waals surface area contributed by atoms with Gasteiger partial charge in [0.2, 0.25) is 0 Å². The van der Waals surface area contributed by atoms with E-state index < -0.39 is 0 Å². The summed E-state index contributed by atoms with van der Waals surface area (Å²) in [5, 5.41) is 0.724. The molecule has 0 atom stereocenters. The fraction of sp³-hybridized carbons (Fsp3) is 0.379. The first-order valence-electron chi connectivity index (χ1n) is 12.8. The maximum atomic E-state index is 13.5. The van der Waals surface area contributed by atoms with Crippen molar-refractivity contribution in [2.45, 2.75) is 50.5 Å². The number of fused-ring (bicyclic) bond motifs is 1. The van der Waals surface area contributed by atoms with Crippen LogP contribution in [0.15, 0.2) is 54.7 Å². The summed E-state index contributed by atoms with van der Waals surface area (Å²) < 4.78 is 5.10. The Bertz CT molecular complexity index is 1320. The van der Waals surface area contributed by atoms with E-state index in [1.807, 2.05) is 29.2 Å². The molecule has 3 aromatic rings. The van der Waals surface area contributed by atoms with Gasteiger partial charge in [-0.2, -0.15) is 0 Å². The van der Waals surface area contributed by atoms with Gasteiger partial charge in [-0.3, -0.25) is 4.79 Å². The Morgan fingerprint density at radius 1 is 1.19 bits per heavy atom. The van der Waals surface area contributed by atoms with Crippen LogP contribution in [0.25, 0.3) is 11.4 Å². The molecule has 2 aliphatic rings. The van der Waals surface area contributed by atoms with Gasteiger partial charge < -0.3 is 15.4 Å². The summed E-state index contributed by atoms with van der Waals surface area (Å²) in [6.45, 7) is 3.27. The number of carbonyl (C=O) groups excluding carboxylic acids is 2. The molecule has 1 aliphatic carbocycles. The Balaban J connectivity index is 1.31. The van der Waals surface area contributed by atoms with Gasteiger partial charge in [-0.15, -0.1) is 0 Å². The number of hydrogen-bond donors (Lipinski definition) is 1. The van der Waals surface area contributed by atoms with Gasteiger partial charge in [0.05, 0.1) is 23.4 Å². The molecule has 0 bridgehead atoms. The zero-order chi connectivity index (χ0) is 26.0. The molecule has 1 saturated carbocycles. The molecule has 0 unspecified atom stereocenters. The molecule has 2 N–H and O–H groups in total. The van der Waals surface area contributed by atoms with Crippen molar-refractivity contribution in [1.82, 2.24) is 14.9 Å². The number of ether oxygens (including phenoxy) is 1. The van der Waals surface area contributed by atoms with Gasteiger partial charge in [0.25, 0.3) is 5.91 Å². The summed E-state index contributed by atoms with van der Waals surface area (Å²) in [6.07, 6.45) is 5.91. The molecule has 1 aliphatic heterocycles. The molecule has 2 aromatic carbocycles. The summed E-state index contributed by atoms with van der Waals surface area (Å²) in [5.74, 6) is 0.105. The Kier molecular flexibility index (Phi) is 7.26. The monoisotopic (exact) mass is 518 g/mol. The van der Waals surface area contributed by atoms with Gasteiger partial charge in [-0.25, -0.2) is 14.8 Å². The maximum Gasteiger partial charge on any atom is 0.338 e. The highest BCUT2D eigenvalue weighted by atomic mass is 35.5. The van der Waals surface area contributed by atoms with Gasteiger partial charge in [-0.05, 0) is 62.4 Å². The first kappa shape index (κ1) is 25.4. The second kappa shape index (κ2) is 10.6. The number of nitrogens with two attached hydrogens (primary N) is 1. The number of aromatic nitrogens is 2. The lowest BCUT2D eigenvalue weighted by molar-refractivity contribution is 0.0525. The van der Waals surface area contributed by atoms with Gasteiger partial charge in [-0.1, -0.05) is 35.9 Å². The fourth-order valence-electron chi connectivity index (χ4n) is 5.65. The van der Waals surface area contributed by atoms with E-state index in [9.17, 15) is 9.59 Å². The van der Waals surface area contributed by atoms with E-state index in [0.29, 0.717) is 43.1 Å². The van der Waals surface area contributed by atoms with E-state index in [2.05, 4.69) is 11.1 Å². The third-order valence-corrected chi connectivity index (χ3v) is 8.00. The molecule has 1 amide bonds. The molecular formula is C29H31ClN4O3. The highest BCUT2D eigenvalue weighted by Crippen LogP contribution is 2.41. The number of benzene rings is 2. The Morgan fingerprint density at radius 2 is 1.97 bits per heavy atom. The third-order valence-electron chi connectivity index (χ3n) is 7.76. The van der Waals surface area contributed by atoms with Crippen molar-refractivity contribution in [2.24, 2.45) is 5.73 Å². The van der Waals surface area contributed by atoms with Crippen LogP contribution in [-0.2, 0) is 16.6 Å². The summed E-state index contributed by atoms with van der Waals surface area (Å²) in [6, 6.07) is 15.2. The molecule has 1 aromatic heterocycles. The average Bonchev–Trinajstić information content (AvgIpc) is 2.93. The molecular weight excluding hydrogens is 488 g/mol. The minimum absolute atomic E-state index is 0.0129. The van der Waals surface area contributed by atoms with Crippen molar-refractivity contribution in [1.29, 1.82) is 0 Å². The van der Waals surface area contributed by atoms with Crippen molar-refractivity contribution in [3.63, 3.8) is 0 Å². The summed E-state index contributed by atoms with van der Waals surface area (Å²) in [5.41, 5.74) is 9.83. The highest BCUT2D eigenvalue weighted by Gasteiger charge is 2.40. The molecule has 8 heteroatoms. The predicted molar refractivity (Wildman–Crippen MR) is 143 cm³/mol. The van der Waals surface area contributed by atoms with Crippen molar-refractivity contribution in [3.05, 3.63) is 82.1 Å². The predicted octanol–water partition coefficient (Wildman–Crippen LogP) is 4.81. The second-order valence-electron chi connectivity index (χ2n) is 9.83. The lowest BCUT2D eigenvalue weighted by Gasteiger charge is -2.44. The topological polar surface area (TPSA) is 98.4 Å². The Labute approximate surface area is 222 Å². The van der Waals surface area contributed by atoms with Crippen LogP contribution < -0.4 is 5.73 Å². The van der Waals surface area contributed by atoms with E-state index in [-0.39, 0.29) is 23.3 Å². The number of rotatable bonds is 6. The molecule has 0 saturated heterocycles. The molecule has 1 fully saturated rings. The van der Waals surface area contributed by atoms with Gasteiger partial charge in [0, 0.05) is 47.8 Å². The first-order valence-corrected chi connectivity index (χ1v) is 13.2. The van der Waals surface area contributed by atoms with Crippen molar-refractivity contribution in [3.8, 4) is 11.4 Å². The standard InChI is InChI=1S/C29H31ClN4O3/c1-2-37-28(36)20-6-3-5-19(15-20)26-32-17-24-25(33-26)11-14-34(27(24)35)23-9-12-29(18-31,13-10-23)21-7-4-8-22(30)16-21/h3-8,15-17,23H,2,9-14,18,31H2,1H3. The summed E-state index contributed by atoms with van der Waals surface area (Å²) in [7, 11) is 0. The molecule has 0 radical (unpaired) electrons. The van der Waals surface area contributed by atoms with Gasteiger partial charge in [0.15, 0.2) is 5.82 Å². The van der Waals surface area contributed by atoms with Crippen molar-refractivity contribution < 1.29 is 14.3 Å². The molecule has 37 heavy (non-hydrogen) atoms. The summed E-state index contributed by atoms with van der Waals surface area (Å²) >= 11 is 6.26. The molecule has 7 nitrogen and oxygen atoms in total. The van der Waals surface area contributed by atoms with Crippen LogP contribution in [-0.4, -0.2) is 52.5 Å². The number of hydrogen-bond acceptors (Lipinski definition) is 6. The van der Waals surface area contributed by atoms with E-state index in [4.69, 9.17) is 27.1 Å². The maximum absolute atomic E-state index is 13.5. The van der Waals surface area contributed by atoms with E-state index in [1.165, 1.54) is 5.56 Å². The SMILES string of the molecule is CCOC(=O)c1cccc(-c2ncc3c(n2)CCN(C2CCC(CN)(c4cccc(Cl)c4)CC2)C3=O)c1. The Morgan fingerprint density at radius 3 is 2.70 bits per heavy atom. The van der Waals surface area contributed by atoms with Crippen LogP contribution in [0.5, 0.6) is 0 Å². The number of amides is 1. The van der Waals surface area contributed by atoms with E-state index >= 15 is 0 Å². The first-order chi connectivity index (χ1) is 17.9. The van der Waals surface area contributed by atoms with E-state index in [1.54, 1.807) is 31.3 Å². The largest absolute Gasteiger partial charge is 0.462 e. The minimum atomic E-state index is -0.380. The fourth-order valence-corrected chi connectivity index (χ4v) is 5.84. The average molecular weight is 519 g/mol. The van der Waals surface area contributed by atoms with Crippen LogP contribution in [0.2, 0.25) is 5.02 Å². The zero-order valence-corrected chi connectivity index (χ0v) is 21.7. The number of esters is 1. The quantitative estimate of drug-likeness (QED) is 0.470. The van der Waals surface area contributed by atoms with Crippen molar-refractivity contribution in [2.75, 3.05) is 19.7 Å². The third kappa shape index (κ3) is 4.98. The minimum Gasteiger partial charge on any atom is -0.462 e. The summed E-state index contributed by atoms with van der Waals surface area (Å²) in [4.78, 5) is 36.8. The van der Waals surface area contributed by atoms with Gasteiger partial charge in [0.1, 0.15) is 0 Å². The lowest BCUT2D eigenvalue weighted by atomic mass is 9.68. The molecule has 5 rings (SSSR count). The number of carbonyl (C=O) groups is 2. The molecule has 0 spiro atoms. The van der Waals surface area contributed by atoms with Crippen LogP contribution >= 0.6 is 11.6 Å². The number of halogens is 1. The van der Waals surface area contributed by atoms with Crippen LogP contribution in [0.4, 0.5) is 0 Å². The van der Waals surface area contributed by atoms with Crippen LogP contribution in [0.3, 0.4) is 0 Å².